The fraction of sp³-hybridized carbons (Fsp3) is 0.400. The van der Waals surface area contributed by atoms with E-state index in [0.717, 1.165) is 10.9 Å². The van der Waals surface area contributed by atoms with Crippen molar-refractivity contribution >= 4 is 16.9 Å². The number of rotatable bonds is 2. The Hall–Kier alpha value is -1.08. The molecule has 0 saturated heterocycles. The maximum Gasteiger partial charge on any atom is 0.272 e. The number of nitrogens with zero attached hydrogens (tertiary/aromatic N) is 1. The first-order chi connectivity index (χ1) is 8.74. The number of carbonyl (C=O) groups is 1. The Balaban J connectivity index is 0. The number of hydrogen-bond acceptors (Lipinski definition) is 1. The molecule has 0 aliphatic rings. The predicted octanol–water partition coefficient (Wildman–Crippen LogP) is 4.21. The maximum atomic E-state index is 10.9. The van der Waals surface area contributed by atoms with Gasteiger partial charge >= 0.3 is 0 Å². The van der Waals surface area contributed by atoms with Crippen molar-refractivity contribution in [1.82, 2.24) is 4.57 Å². The number of carboxylic acid groups (broad SMARTS) is 1. The van der Waals surface area contributed by atoms with Crippen molar-refractivity contribution in [3.63, 3.8) is 0 Å². The van der Waals surface area contributed by atoms with Crippen LogP contribution in [0.1, 0.15) is 45.1 Å². The molecule has 4 heteroatoms. The Labute approximate surface area is 129 Å². The van der Waals surface area contributed by atoms with Crippen molar-refractivity contribution in [1.29, 1.82) is 0 Å². The number of para-hydroxylation sites is 1. The zero-order chi connectivity index (χ0) is 14.1. The molecule has 0 spiro atoms. The summed E-state index contributed by atoms with van der Waals surface area (Å²) in [6.07, 6.45) is 0. The van der Waals surface area contributed by atoms with Gasteiger partial charge < -0.3 is 14.5 Å². The molecule has 3 nitrogen and oxygen atoms in total. The van der Waals surface area contributed by atoms with Crippen LogP contribution < -0.4 is 0 Å². The number of hydrogen-bond donors (Lipinski definition) is 1. The molecule has 0 unspecified atom stereocenters. The number of benzene rings is 1. The first-order valence-electron chi connectivity index (χ1n) is 6.48. The zero-order valence-electron chi connectivity index (χ0n) is 12.2. The van der Waals surface area contributed by atoms with E-state index in [1.165, 1.54) is 0 Å². The van der Waals surface area contributed by atoms with Crippen molar-refractivity contribution < 1.29 is 31.0 Å². The van der Waals surface area contributed by atoms with E-state index in [1.54, 1.807) is 4.57 Å². The Kier molecular flexibility index (Phi) is 11.5. The third-order valence-electron chi connectivity index (χ3n) is 2.24. The fourth-order valence-electron chi connectivity index (χ4n) is 1.63. The minimum atomic E-state index is -0.928. The van der Waals surface area contributed by atoms with Gasteiger partial charge in [-0.15, -0.1) is 23.6 Å². The number of carboxylic acids is 1. The molecule has 0 fully saturated rings. The molecule has 1 heterocycles. The standard InChI is InChI=1S/C11H10NO2.2C2H6.W/c1-2-12-9-6-4-3-5-8(9)7-10(12)11(13)14;2*1-2;/h3-6H,2H2,1H3,(H,13,14);2*1-2H3;/q-1;;;. The van der Waals surface area contributed by atoms with Gasteiger partial charge in [-0.25, -0.2) is 0 Å². The van der Waals surface area contributed by atoms with Crippen molar-refractivity contribution in [3.05, 3.63) is 36.0 Å². The minimum absolute atomic E-state index is 0. The minimum Gasteiger partial charge on any atom is -0.520 e. The van der Waals surface area contributed by atoms with Crippen molar-refractivity contribution in [3.8, 4) is 0 Å². The van der Waals surface area contributed by atoms with E-state index in [2.05, 4.69) is 6.07 Å². The molecule has 1 aromatic carbocycles. The molecule has 2 rings (SSSR count). The van der Waals surface area contributed by atoms with Crippen LogP contribution in [0.25, 0.3) is 10.9 Å². The molecule has 1 N–H and O–H groups in total. The Morgan fingerprint density at radius 3 is 2.21 bits per heavy atom. The SMILES string of the molecule is CC.CC.CCn1c(C(=O)O)[c-]c2ccccc21.[W]. The van der Waals surface area contributed by atoms with Crippen LogP contribution in [0.3, 0.4) is 0 Å². The Morgan fingerprint density at radius 2 is 1.74 bits per heavy atom. The van der Waals surface area contributed by atoms with E-state index in [9.17, 15) is 4.79 Å². The quantitative estimate of drug-likeness (QED) is 0.723. The van der Waals surface area contributed by atoms with Crippen LogP contribution in [-0.2, 0) is 27.6 Å². The van der Waals surface area contributed by atoms with Crippen LogP contribution in [0.15, 0.2) is 24.3 Å². The summed E-state index contributed by atoms with van der Waals surface area (Å²) in [5.41, 5.74) is 1.15. The Morgan fingerprint density at radius 1 is 1.21 bits per heavy atom. The molecule has 0 aliphatic carbocycles. The normalized spacial score (nSPS) is 8.47. The molecule has 2 aromatic rings. The molecule has 0 atom stereocenters. The topological polar surface area (TPSA) is 42.2 Å². The summed E-state index contributed by atoms with van der Waals surface area (Å²) in [7, 11) is 0. The van der Waals surface area contributed by atoms with E-state index in [1.807, 2.05) is 58.9 Å². The summed E-state index contributed by atoms with van der Waals surface area (Å²) >= 11 is 0. The largest absolute Gasteiger partial charge is 0.520 e. The van der Waals surface area contributed by atoms with Crippen LogP contribution in [0, 0.1) is 6.07 Å². The molecule has 0 aliphatic heterocycles. The van der Waals surface area contributed by atoms with Crippen LogP contribution >= 0.6 is 0 Å². The molecule has 19 heavy (non-hydrogen) atoms. The summed E-state index contributed by atoms with van der Waals surface area (Å²) in [6, 6.07) is 10.4. The molecular weight excluding hydrogens is 410 g/mol. The molecule has 0 radical (unpaired) electrons. The Bertz CT molecular complexity index is 492. The van der Waals surface area contributed by atoms with E-state index in [0.29, 0.717) is 6.54 Å². The van der Waals surface area contributed by atoms with Gasteiger partial charge in [0.2, 0.25) is 0 Å². The second kappa shape index (κ2) is 10.8. The van der Waals surface area contributed by atoms with Gasteiger partial charge in [-0.2, -0.15) is 0 Å². The molecule has 106 valence electrons. The summed E-state index contributed by atoms with van der Waals surface area (Å²) in [5, 5.41) is 9.80. The average Bonchev–Trinajstić information content (AvgIpc) is 2.82. The second-order valence-corrected chi connectivity index (χ2v) is 3.04. The van der Waals surface area contributed by atoms with Gasteiger partial charge in [0.1, 0.15) is 0 Å². The number of aromatic carboxylic acids is 1. The maximum absolute atomic E-state index is 10.9. The molecule has 0 saturated carbocycles. The smallest absolute Gasteiger partial charge is 0.272 e. The average molecular weight is 432 g/mol. The van der Waals surface area contributed by atoms with Crippen molar-refractivity contribution in [2.45, 2.75) is 41.2 Å². The molecule has 0 bridgehead atoms. The van der Waals surface area contributed by atoms with E-state index >= 15 is 0 Å². The van der Waals surface area contributed by atoms with Crippen LogP contribution in [0.2, 0.25) is 0 Å². The van der Waals surface area contributed by atoms with Crippen molar-refractivity contribution in [2.24, 2.45) is 0 Å². The van der Waals surface area contributed by atoms with Gasteiger partial charge in [0, 0.05) is 33.3 Å². The molecule has 1 aromatic heterocycles. The third kappa shape index (κ3) is 4.83. The van der Waals surface area contributed by atoms with E-state index < -0.39 is 5.97 Å². The summed E-state index contributed by atoms with van der Waals surface area (Å²) < 4.78 is 1.75. The summed E-state index contributed by atoms with van der Waals surface area (Å²) in [4.78, 5) is 10.9. The van der Waals surface area contributed by atoms with Crippen LogP contribution in [0.4, 0.5) is 0 Å². The van der Waals surface area contributed by atoms with Crippen LogP contribution in [-0.4, -0.2) is 15.6 Å². The number of fused-ring (bicyclic) bond motifs is 1. The van der Waals surface area contributed by atoms with Crippen molar-refractivity contribution in [2.75, 3.05) is 0 Å². The zero-order valence-corrected chi connectivity index (χ0v) is 15.2. The number of aryl methyl sites for hydroxylation is 1. The van der Waals surface area contributed by atoms with Gasteiger partial charge in [0.25, 0.3) is 5.97 Å². The monoisotopic (exact) mass is 432 g/mol. The first-order valence-corrected chi connectivity index (χ1v) is 6.48. The third-order valence-corrected chi connectivity index (χ3v) is 2.24. The first kappa shape index (κ1) is 20.2. The van der Waals surface area contributed by atoms with Gasteiger partial charge in [-0.05, 0) is 12.4 Å². The van der Waals surface area contributed by atoms with E-state index in [-0.39, 0.29) is 26.8 Å². The second-order valence-electron chi connectivity index (χ2n) is 3.04. The van der Waals surface area contributed by atoms with Gasteiger partial charge in [-0.3, -0.25) is 0 Å². The summed E-state index contributed by atoms with van der Waals surface area (Å²) in [6.45, 7) is 10.6. The molecule has 0 amide bonds. The summed E-state index contributed by atoms with van der Waals surface area (Å²) in [5.74, 6) is -0.928. The predicted molar refractivity (Wildman–Crippen MR) is 76.1 cm³/mol. The number of aromatic nitrogens is 1. The fourth-order valence-corrected chi connectivity index (χ4v) is 1.63. The van der Waals surface area contributed by atoms with Gasteiger partial charge in [0.05, 0.1) is 0 Å². The van der Waals surface area contributed by atoms with Gasteiger partial charge in [0.15, 0.2) is 0 Å². The molecular formula is C15H22NO2W-. The van der Waals surface area contributed by atoms with E-state index in [4.69, 9.17) is 5.11 Å². The van der Waals surface area contributed by atoms with Crippen LogP contribution in [0.5, 0.6) is 0 Å². The van der Waals surface area contributed by atoms with Gasteiger partial charge in [-0.1, -0.05) is 39.8 Å².